The van der Waals surface area contributed by atoms with Gasteiger partial charge in [0.25, 0.3) is 6.71 Å². The van der Waals surface area contributed by atoms with Crippen molar-refractivity contribution in [1.29, 1.82) is 0 Å². The Morgan fingerprint density at radius 3 is 1.30 bits per heavy atom. The van der Waals surface area contributed by atoms with E-state index in [1.807, 2.05) is 54.6 Å². The lowest BCUT2D eigenvalue weighted by molar-refractivity contribution is 0.590. The van der Waals surface area contributed by atoms with Gasteiger partial charge in [0.1, 0.15) is 0 Å². The fourth-order valence-corrected chi connectivity index (χ4v) is 17.5. The third kappa shape index (κ3) is 10.1. The van der Waals surface area contributed by atoms with Crippen LogP contribution in [0.15, 0.2) is 382 Å². The fraction of sp³-hybridized carbons (Fsp3) is 0.0385. The van der Waals surface area contributed by atoms with Crippen molar-refractivity contribution in [2.45, 2.75) is 26.2 Å². The Labute approximate surface area is 639 Å². The minimum Gasteiger partial charge on any atom is -0.310 e. The molecule has 4 heteroatoms. The van der Waals surface area contributed by atoms with Gasteiger partial charge in [0.2, 0.25) is 0 Å². The number of rotatable bonds is 10. The summed E-state index contributed by atoms with van der Waals surface area (Å²) in [6.07, 6.45) is 0. The number of anilines is 6. The molecule has 18 aromatic carbocycles. The highest BCUT2D eigenvalue weighted by atomic mass is 15.2. The van der Waals surface area contributed by atoms with Gasteiger partial charge >= 0.3 is 0 Å². The van der Waals surface area contributed by atoms with Crippen molar-refractivity contribution in [2.75, 3.05) is 9.80 Å². The Kier molecular flexibility index (Phi) is 13.0. The molecule has 3 nitrogen and oxygen atoms in total. The van der Waals surface area contributed by atoms with Gasteiger partial charge in [0.05, 0.1) is 32.0 Å². The lowest BCUT2D eigenvalue weighted by atomic mass is 9.33. The average molecular weight is 1380 g/mol. The highest BCUT2D eigenvalue weighted by molar-refractivity contribution is 7.00. The second-order valence-corrected chi connectivity index (χ2v) is 29.7. The van der Waals surface area contributed by atoms with E-state index in [9.17, 15) is 9.60 Å². The Balaban J connectivity index is 0.941. The van der Waals surface area contributed by atoms with Gasteiger partial charge < -0.3 is 14.4 Å². The van der Waals surface area contributed by atoms with E-state index in [2.05, 4.69) is 316 Å². The van der Waals surface area contributed by atoms with Gasteiger partial charge in [0.15, 0.2) is 0 Å². The zero-order valence-electron chi connectivity index (χ0n) is 66.8. The number of para-hydroxylation sites is 3. The first kappa shape index (κ1) is 55.9. The molecule has 0 atom stereocenters. The molecule has 19 aromatic rings. The third-order valence-corrected chi connectivity index (χ3v) is 22.5. The lowest BCUT2D eigenvalue weighted by Gasteiger charge is -2.46. The molecule has 0 fully saturated rings. The van der Waals surface area contributed by atoms with Crippen LogP contribution in [-0.2, 0) is 5.41 Å². The molecule has 506 valence electrons. The van der Waals surface area contributed by atoms with Gasteiger partial charge in [-0.05, 0) is 187 Å². The maximum absolute atomic E-state index is 10.8. The van der Waals surface area contributed by atoms with Crippen LogP contribution in [0.2, 0.25) is 0 Å². The normalized spacial score (nSPS) is 13.4. The second-order valence-electron chi connectivity index (χ2n) is 29.7. The van der Waals surface area contributed by atoms with E-state index in [1.165, 1.54) is 10.8 Å². The van der Waals surface area contributed by atoms with Gasteiger partial charge in [-0.15, -0.1) is 0 Å². The quantitative estimate of drug-likeness (QED) is 0.0999. The Hall–Kier alpha value is -13.5. The topological polar surface area (TPSA) is 11.4 Å². The van der Waals surface area contributed by atoms with Crippen LogP contribution >= 0.6 is 0 Å². The number of aromatic nitrogens is 1. The van der Waals surface area contributed by atoms with Crippen LogP contribution in [-0.4, -0.2) is 11.3 Å². The van der Waals surface area contributed by atoms with Gasteiger partial charge in [-0.25, -0.2) is 0 Å². The van der Waals surface area contributed by atoms with Crippen LogP contribution in [0.1, 0.15) is 35.9 Å². The van der Waals surface area contributed by atoms with Crippen LogP contribution in [0, 0.1) is 0 Å². The molecule has 21 rings (SSSR count). The van der Waals surface area contributed by atoms with E-state index >= 15 is 0 Å². The molecule has 0 saturated carbocycles. The van der Waals surface area contributed by atoms with Crippen molar-refractivity contribution in [3.8, 4) is 83.6 Å². The smallest absolute Gasteiger partial charge is 0.252 e. The summed E-state index contributed by atoms with van der Waals surface area (Å²) in [4.78, 5) is 5.11. The van der Waals surface area contributed by atoms with Gasteiger partial charge in [-0.1, -0.05) is 342 Å². The van der Waals surface area contributed by atoms with E-state index in [4.69, 9.17) is 0 Å². The van der Waals surface area contributed by atoms with Gasteiger partial charge in [-0.3, -0.25) is 0 Å². The Morgan fingerprint density at radius 1 is 0.278 bits per heavy atom. The maximum atomic E-state index is 10.8. The summed E-state index contributed by atoms with van der Waals surface area (Å²) in [5, 5.41) is 9.22. The Morgan fingerprint density at radius 2 is 0.731 bits per heavy atom. The van der Waals surface area contributed by atoms with Crippen LogP contribution in [0.25, 0.3) is 148 Å². The van der Waals surface area contributed by atoms with Crippen molar-refractivity contribution in [1.82, 2.24) is 4.57 Å². The fourth-order valence-electron chi connectivity index (χ4n) is 17.5. The van der Waals surface area contributed by atoms with E-state index < -0.39 is 24.2 Å². The molecule has 0 bridgehead atoms. The minimum atomic E-state index is -0.492. The van der Waals surface area contributed by atoms with Gasteiger partial charge in [0, 0.05) is 61.5 Å². The van der Waals surface area contributed by atoms with Crippen LogP contribution in [0.5, 0.6) is 0 Å². The molecule has 0 amide bonds. The zero-order valence-corrected chi connectivity index (χ0v) is 59.8. The number of benzene rings is 18. The summed E-state index contributed by atoms with van der Waals surface area (Å²) in [6, 6.07) is 119. The number of fused-ring (bicyclic) bond motifs is 13. The van der Waals surface area contributed by atoms with Crippen LogP contribution in [0.3, 0.4) is 0 Å². The maximum Gasteiger partial charge on any atom is 0.252 e. The van der Waals surface area contributed by atoms with E-state index in [0.29, 0.717) is 11.3 Å². The molecule has 108 heavy (non-hydrogen) atoms. The minimum absolute atomic E-state index is 0.0680. The number of hydrogen-bond acceptors (Lipinski definition) is 2. The predicted octanol–water partition coefficient (Wildman–Crippen LogP) is 26.4. The van der Waals surface area contributed by atoms with E-state index in [-0.39, 0.29) is 57.6 Å². The summed E-state index contributed by atoms with van der Waals surface area (Å²) >= 11 is 0. The molecular formula is C104H72BN3. The first-order chi connectivity index (χ1) is 56.2. The third-order valence-electron chi connectivity index (χ3n) is 22.5. The largest absolute Gasteiger partial charge is 0.310 e. The molecule has 2 aliphatic heterocycles. The summed E-state index contributed by atoms with van der Waals surface area (Å²) in [5.74, 6) is 0. The summed E-state index contributed by atoms with van der Waals surface area (Å²) in [6.45, 7) is 6.42. The van der Waals surface area contributed by atoms with Crippen molar-refractivity contribution < 1.29 is 9.60 Å². The summed E-state index contributed by atoms with van der Waals surface area (Å²) in [5.41, 5.74) is 23.0. The SMILES string of the molecule is [2H]c1c([2H])c([2H])c2c(c1[2H])c1c([2H])c([2H])c(-c3cccc(-c4ccccc4)c3)c([2H])c1n2-c1ccc2c(c1)N(c1c(-c3ccccc3)cccc1-c1cc3ccccc3c3ccccc13)c1cc(C(C)(C)C)cc3c1B2c1cc(-c2ccccc2)ccc1N3c1c(-c2ccccc2)cccc1-c1cc2ccccc2c2ccccc12. The predicted molar refractivity (Wildman–Crippen MR) is 462 cm³/mol. The lowest BCUT2D eigenvalue weighted by Crippen LogP contribution is -2.61. The first-order valence-corrected chi connectivity index (χ1v) is 37.2. The van der Waals surface area contributed by atoms with Crippen molar-refractivity contribution in [2.24, 2.45) is 0 Å². The molecular weight excluding hydrogens is 1300 g/mol. The van der Waals surface area contributed by atoms with Crippen molar-refractivity contribution in [3.05, 3.63) is 388 Å². The van der Waals surface area contributed by atoms with Crippen LogP contribution in [0.4, 0.5) is 34.1 Å². The van der Waals surface area contributed by atoms with E-state index in [1.54, 1.807) is 4.57 Å². The average Bonchev–Trinajstić information content (AvgIpc) is 1.67. The molecule has 3 heterocycles. The second kappa shape index (κ2) is 25.1. The van der Waals surface area contributed by atoms with Crippen molar-refractivity contribution in [3.63, 3.8) is 0 Å². The first-order valence-electron chi connectivity index (χ1n) is 40.7. The molecule has 0 saturated heterocycles. The van der Waals surface area contributed by atoms with Gasteiger partial charge in [-0.2, -0.15) is 0 Å². The number of nitrogens with zero attached hydrogens (tertiary/aromatic N) is 3. The molecule has 0 radical (unpaired) electrons. The Bertz CT molecular complexity index is 7300. The standard InChI is InChI=1S/C104H72BN3/c1-104(2,3)77-64-99-101-100(65-77)108(103-82(70-35-14-7-15-36-70)49-28-51-90(103)92-61-76-38-17-19-42-80(76)84-44-21-23-46-86(84)92)98-66-78(106-95-52-25-24-47-87(95)88-56-53-74(63-97(88)106)72-40-26-39-71(59-72)67-29-8-4-9-30-67)55-57-93(98)105(101)94-62-73(68-31-10-5-11-32-68)54-58-96(94)107(99)102-81(69-33-12-6-13-34-69)48-27-50-89(102)91-60-75-37-16-18-41-79(75)83-43-20-22-45-85(83)91/h4-66H,1-3H3/i24D,25D,47D,52D,53D,56D,63D. The van der Waals surface area contributed by atoms with Crippen molar-refractivity contribution >= 4 is 122 Å². The molecule has 0 spiro atoms. The molecule has 0 N–H and O–H groups in total. The highest BCUT2D eigenvalue weighted by Crippen LogP contribution is 2.56. The summed E-state index contributed by atoms with van der Waals surface area (Å²) in [7, 11) is 0. The summed E-state index contributed by atoms with van der Waals surface area (Å²) < 4.78 is 71.8. The molecule has 1 aromatic heterocycles. The zero-order chi connectivity index (χ0) is 77.8. The number of hydrogen-bond donors (Lipinski definition) is 0. The van der Waals surface area contributed by atoms with E-state index in [0.717, 1.165) is 155 Å². The molecule has 2 aliphatic rings. The molecule has 0 unspecified atom stereocenters. The highest BCUT2D eigenvalue weighted by Gasteiger charge is 2.46. The monoisotopic (exact) mass is 1380 g/mol. The van der Waals surface area contributed by atoms with Crippen LogP contribution < -0.4 is 26.2 Å². The molecule has 0 aliphatic carbocycles.